The highest BCUT2D eigenvalue weighted by Gasteiger charge is 1.96. The predicted octanol–water partition coefficient (Wildman–Crippen LogP) is 9.01. The minimum Gasteiger partial charge on any atom is -0.281 e. The molecule has 0 aliphatic carbocycles. The van der Waals surface area contributed by atoms with Gasteiger partial charge in [0.15, 0.2) is 0 Å². The molecule has 0 bridgehead atoms. The van der Waals surface area contributed by atoms with Crippen LogP contribution < -0.4 is 0 Å². The van der Waals surface area contributed by atoms with Gasteiger partial charge in [-0.15, -0.1) is 0 Å². The number of unbranched alkanes of at least 4 members (excludes halogenated alkanes) is 14. The van der Waals surface area contributed by atoms with E-state index >= 15 is 0 Å². The number of aryl methyl sites for hydroxylation is 1. The minimum atomic E-state index is -0.181. The minimum absolute atomic E-state index is 0.181. The Hall–Kier alpha value is -0.820. The van der Waals surface area contributed by atoms with Gasteiger partial charge in [0.05, 0.1) is 0 Å². The fourth-order valence-corrected chi connectivity index (χ4v) is 3.30. The van der Waals surface area contributed by atoms with Gasteiger partial charge in [-0.25, -0.2) is 0 Å². The van der Waals surface area contributed by atoms with E-state index in [4.69, 9.17) is 11.6 Å². The Bertz CT molecular complexity index is 416. The summed E-state index contributed by atoms with van der Waals surface area (Å²) >= 11 is 5.30. The first-order chi connectivity index (χ1) is 13.2. The molecule has 0 saturated heterocycles. The van der Waals surface area contributed by atoms with E-state index in [9.17, 15) is 4.79 Å². The highest BCUT2D eigenvalue weighted by Crippen LogP contribution is 2.13. The Balaban J connectivity index is 0.000000797. The van der Waals surface area contributed by atoms with E-state index in [0.29, 0.717) is 6.42 Å². The molecule has 0 amide bonds. The molecular weight excluding hydrogens is 352 g/mol. The van der Waals surface area contributed by atoms with Crippen LogP contribution in [0.4, 0.5) is 0 Å². The first-order valence-electron chi connectivity index (χ1n) is 11.4. The van der Waals surface area contributed by atoms with Gasteiger partial charge < -0.3 is 0 Å². The molecule has 1 aromatic rings. The van der Waals surface area contributed by atoms with E-state index in [1.807, 2.05) is 18.2 Å². The maximum Gasteiger partial charge on any atom is 0.221 e. The van der Waals surface area contributed by atoms with Crippen LogP contribution in [0.3, 0.4) is 0 Å². The van der Waals surface area contributed by atoms with Crippen molar-refractivity contribution < 1.29 is 4.79 Å². The van der Waals surface area contributed by atoms with Gasteiger partial charge in [0.2, 0.25) is 5.24 Å². The second kappa shape index (κ2) is 21.5. The van der Waals surface area contributed by atoms with Crippen LogP contribution >= 0.6 is 11.6 Å². The molecule has 0 aliphatic rings. The Labute approximate surface area is 174 Å². The van der Waals surface area contributed by atoms with Crippen LogP contribution in [0.25, 0.3) is 0 Å². The number of halogens is 1. The Morgan fingerprint density at radius 1 is 0.667 bits per heavy atom. The molecule has 0 heterocycles. The van der Waals surface area contributed by atoms with Gasteiger partial charge in [-0.3, -0.25) is 4.79 Å². The van der Waals surface area contributed by atoms with E-state index in [2.05, 4.69) is 26.0 Å². The van der Waals surface area contributed by atoms with Crippen LogP contribution in [0.15, 0.2) is 30.3 Å². The molecule has 156 valence electrons. The molecule has 0 radical (unpaired) electrons. The first-order valence-corrected chi connectivity index (χ1v) is 11.7. The summed E-state index contributed by atoms with van der Waals surface area (Å²) in [6.07, 6.45) is 20.8. The number of hydrogen-bond donors (Lipinski definition) is 0. The maximum absolute atomic E-state index is 10.5. The summed E-state index contributed by atoms with van der Waals surface area (Å²) in [5.74, 6) is 0. The summed E-state index contributed by atoms with van der Waals surface area (Å²) in [6.45, 7) is 4.36. The van der Waals surface area contributed by atoms with Crippen molar-refractivity contribution in [3.05, 3.63) is 35.9 Å². The topological polar surface area (TPSA) is 17.1 Å². The van der Waals surface area contributed by atoms with Gasteiger partial charge in [-0.05, 0) is 24.9 Å². The molecule has 0 fully saturated rings. The quantitative estimate of drug-likeness (QED) is 0.202. The van der Waals surface area contributed by atoms with E-state index in [1.54, 1.807) is 0 Å². The smallest absolute Gasteiger partial charge is 0.221 e. The molecule has 27 heavy (non-hydrogen) atoms. The van der Waals surface area contributed by atoms with Crippen LogP contribution in [0.2, 0.25) is 0 Å². The zero-order valence-corrected chi connectivity index (χ0v) is 18.7. The molecule has 0 saturated carbocycles. The highest BCUT2D eigenvalue weighted by molar-refractivity contribution is 6.63. The molecule has 1 rings (SSSR count). The van der Waals surface area contributed by atoms with Gasteiger partial charge >= 0.3 is 0 Å². The van der Waals surface area contributed by atoms with Gasteiger partial charge in [-0.2, -0.15) is 0 Å². The molecule has 1 nitrogen and oxygen atoms in total. The van der Waals surface area contributed by atoms with Gasteiger partial charge in [-0.1, -0.05) is 133 Å². The summed E-state index contributed by atoms with van der Waals surface area (Å²) in [6, 6.07) is 10.3. The van der Waals surface area contributed by atoms with E-state index < -0.39 is 0 Å². The fourth-order valence-electron chi connectivity index (χ4n) is 3.17. The highest BCUT2D eigenvalue weighted by atomic mass is 35.5. The van der Waals surface area contributed by atoms with Gasteiger partial charge in [0.25, 0.3) is 0 Å². The molecule has 0 N–H and O–H groups in total. The molecule has 0 atom stereocenters. The standard InChI is InChI=1S/C18H35ClO.C7H8/c1-2-3-4-5-6-7-8-9-10-11-12-13-14-15-16-17-18(19)20;1-7-5-3-2-4-6-7/h2-17H2,1H3;2-6H,1H3. The second-order valence-electron chi connectivity index (χ2n) is 7.71. The number of hydrogen-bond acceptors (Lipinski definition) is 1. The lowest BCUT2D eigenvalue weighted by atomic mass is 10.0. The molecule has 0 spiro atoms. The Morgan fingerprint density at radius 3 is 1.33 bits per heavy atom. The normalized spacial score (nSPS) is 10.3. The molecule has 0 unspecified atom stereocenters. The molecule has 2 heteroatoms. The molecule has 0 aromatic heterocycles. The van der Waals surface area contributed by atoms with Crippen molar-refractivity contribution in [1.29, 1.82) is 0 Å². The average molecular weight is 395 g/mol. The zero-order valence-electron chi connectivity index (χ0n) is 18.0. The van der Waals surface area contributed by atoms with Crippen molar-refractivity contribution in [3.63, 3.8) is 0 Å². The van der Waals surface area contributed by atoms with Crippen molar-refractivity contribution in [2.24, 2.45) is 0 Å². The van der Waals surface area contributed by atoms with Crippen molar-refractivity contribution in [2.75, 3.05) is 0 Å². The van der Waals surface area contributed by atoms with E-state index in [-0.39, 0.29) is 5.24 Å². The number of carbonyl (C=O) groups is 1. The maximum atomic E-state index is 10.5. The third-order valence-electron chi connectivity index (χ3n) is 4.92. The lowest BCUT2D eigenvalue weighted by Crippen LogP contribution is -1.86. The summed E-state index contributed by atoms with van der Waals surface area (Å²) in [7, 11) is 0. The van der Waals surface area contributed by atoms with Crippen molar-refractivity contribution in [2.45, 2.75) is 117 Å². The number of carbonyl (C=O) groups excluding carboxylic acids is 1. The molecular formula is C25H43ClO. The average Bonchev–Trinajstić information content (AvgIpc) is 2.66. The summed E-state index contributed by atoms with van der Waals surface area (Å²) in [4.78, 5) is 10.5. The van der Waals surface area contributed by atoms with E-state index in [1.165, 1.54) is 89.0 Å². The van der Waals surface area contributed by atoms with Gasteiger partial charge in [0, 0.05) is 6.42 Å². The van der Waals surface area contributed by atoms with Crippen LogP contribution in [0, 0.1) is 6.92 Å². The molecule has 0 aliphatic heterocycles. The Morgan fingerprint density at radius 2 is 1.04 bits per heavy atom. The predicted molar refractivity (Wildman–Crippen MR) is 122 cm³/mol. The second-order valence-corrected chi connectivity index (χ2v) is 8.13. The van der Waals surface area contributed by atoms with Crippen molar-refractivity contribution in [1.82, 2.24) is 0 Å². The van der Waals surface area contributed by atoms with Crippen LogP contribution in [0.5, 0.6) is 0 Å². The lowest BCUT2D eigenvalue weighted by molar-refractivity contribution is -0.111. The van der Waals surface area contributed by atoms with Crippen molar-refractivity contribution in [3.8, 4) is 0 Å². The number of rotatable bonds is 16. The third kappa shape index (κ3) is 23.1. The van der Waals surface area contributed by atoms with Crippen LogP contribution in [-0.2, 0) is 4.79 Å². The summed E-state index contributed by atoms with van der Waals surface area (Å²) in [5.41, 5.74) is 1.32. The lowest BCUT2D eigenvalue weighted by Gasteiger charge is -2.03. The SMILES string of the molecule is CCCCCCCCCCCCCCCCCC(=O)Cl.Cc1ccccc1. The summed E-state index contributed by atoms with van der Waals surface area (Å²) in [5, 5.41) is -0.181. The van der Waals surface area contributed by atoms with Gasteiger partial charge in [0.1, 0.15) is 0 Å². The Kier molecular flexibility index (Phi) is 20.8. The van der Waals surface area contributed by atoms with Crippen LogP contribution in [-0.4, -0.2) is 5.24 Å². The monoisotopic (exact) mass is 394 g/mol. The zero-order chi connectivity index (χ0) is 20.0. The third-order valence-corrected chi connectivity index (χ3v) is 5.11. The van der Waals surface area contributed by atoms with Crippen LogP contribution in [0.1, 0.15) is 115 Å². The summed E-state index contributed by atoms with van der Waals surface area (Å²) < 4.78 is 0. The van der Waals surface area contributed by atoms with E-state index in [0.717, 1.165) is 12.8 Å². The molecule has 1 aromatic carbocycles. The fraction of sp³-hybridized carbons (Fsp3) is 0.720. The first kappa shape index (κ1) is 26.2. The largest absolute Gasteiger partial charge is 0.281 e. The number of benzene rings is 1. The van der Waals surface area contributed by atoms with Crippen molar-refractivity contribution >= 4 is 16.8 Å².